The molecular formula is C49H31NO. The first-order valence-corrected chi connectivity index (χ1v) is 17.6. The molecule has 2 nitrogen and oxygen atoms in total. The molecule has 0 fully saturated rings. The lowest BCUT2D eigenvalue weighted by Gasteiger charge is -2.43. The van der Waals surface area contributed by atoms with Gasteiger partial charge in [-0.3, -0.25) is 0 Å². The van der Waals surface area contributed by atoms with Crippen molar-refractivity contribution >= 4 is 56.5 Å². The highest BCUT2D eigenvalue weighted by Crippen LogP contribution is 2.63. The summed E-state index contributed by atoms with van der Waals surface area (Å²) < 4.78 is 6.36. The Bertz CT molecular complexity index is 2810. The molecule has 51 heavy (non-hydrogen) atoms. The van der Waals surface area contributed by atoms with E-state index in [1.54, 1.807) is 0 Å². The minimum absolute atomic E-state index is 0.584. The molecule has 2 heteroatoms. The molecule has 4 aliphatic rings. The normalized spacial score (nSPS) is 18.2. The molecule has 0 aliphatic heterocycles. The quantitative estimate of drug-likeness (QED) is 0.205. The van der Waals surface area contributed by atoms with Gasteiger partial charge in [0.15, 0.2) is 0 Å². The van der Waals surface area contributed by atoms with E-state index in [4.69, 9.17) is 4.42 Å². The molecule has 0 radical (unpaired) electrons. The van der Waals surface area contributed by atoms with E-state index in [9.17, 15) is 0 Å². The van der Waals surface area contributed by atoms with E-state index in [1.165, 1.54) is 55.7 Å². The van der Waals surface area contributed by atoms with Gasteiger partial charge in [0.2, 0.25) is 0 Å². The fraction of sp³-hybridized carbons (Fsp3) is 0.0204. The zero-order valence-corrected chi connectivity index (χ0v) is 27.7. The largest absolute Gasteiger partial charge is 0.456 e. The maximum atomic E-state index is 6.36. The average molecular weight is 650 g/mol. The Morgan fingerprint density at radius 3 is 1.94 bits per heavy atom. The monoisotopic (exact) mass is 649 g/mol. The van der Waals surface area contributed by atoms with Crippen LogP contribution in [0, 0.1) is 5.41 Å². The summed E-state index contributed by atoms with van der Waals surface area (Å²) >= 11 is 0. The number of furan rings is 1. The van der Waals surface area contributed by atoms with Crippen molar-refractivity contribution in [3.63, 3.8) is 0 Å². The van der Waals surface area contributed by atoms with Gasteiger partial charge in [-0.1, -0.05) is 146 Å². The van der Waals surface area contributed by atoms with Gasteiger partial charge in [-0.25, -0.2) is 0 Å². The van der Waals surface area contributed by atoms with Gasteiger partial charge < -0.3 is 9.73 Å². The van der Waals surface area contributed by atoms with Crippen molar-refractivity contribution in [3.05, 3.63) is 215 Å². The first-order valence-electron chi connectivity index (χ1n) is 17.6. The summed E-state index contributed by atoms with van der Waals surface area (Å²) in [5, 5.41) is 6.44. The van der Waals surface area contributed by atoms with Gasteiger partial charge in [0.25, 0.3) is 0 Å². The van der Waals surface area contributed by atoms with Crippen molar-refractivity contribution in [2.24, 2.45) is 5.41 Å². The Morgan fingerprint density at radius 1 is 0.490 bits per heavy atom. The van der Waals surface area contributed by atoms with Crippen LogP contribution in [0.5, 0.6) is 0 Å². The second-order valence-electron chi connectivity index (χ2n) is 13.7. The first-order chi connectivity index (χ1) is 25.3. The number of nitrogens with one attached hydrogen (secondary N) is 1. The van der Waals surface area contributed by atoms with Crippen LogP contribution < -0.4 is 5.32 Å². The Hall–Kier alpha value is -6.64. The van der Waals surface area contributed by atoms with Crippen molar-refractivity contribution in [2.75, 3.05) is 5.32 Å². The van der Waals surface area contributed by atoms with Crippen LogP contribution in [0.4, 0.5) is 5.69 Å². The van der Waals surface area contributed by atoms with Gasteiger partial charge in [-0.05, 0) is 92.1 Å². The molecule has 7 aromatic rings. The van der Waals surface area contributed by atoms with E-state index < -0.39 is 5.41 Å². The molecule has 1 heterocycles. The van der Waals surface area contributed by atoms with Gasteiger partial charge in [0.1, 0.15) is 11.2 Å². The molecule has 1 N–H and O–H groups in total. The summed E-state index contributed by atoms with van der Waals surface area (Å²) in [5.41, 5.74) is 18.3. The number of benzene rings is 6. The molecule has 238 valence electrons. The summed E-state index contributed by atoms with van der Waals surface area (Å²) in [6, 6.07) is 51.9. The van der Waals surface area contributed by atoms with Crippen molar-refractivity contribution in [3.8, 4) is 11.1 Å². The highest BCUT2D eigenvalue weighted by molar-refractivity contribution is 6.14. The maximum absolute atomic E-state index is 6.36. The van der Waals surface area contributed by atoms with Crippen molar-refractivity contribution in [1.82, 2.24) is 0 Å². The summed E-state index contributed by atoms with van der Waals surface area (Å²) in [7, 11) is 0. The predicted molar refractivity (Wildman–Crippen MR) is 213 cm³/mol. The average Bonchev–Trinajstić information content (AvgIpc) is 3.89. The number of para-hydroxylation sites is 2. The zero-order valence-electron chi connectivity index (χ0n) is 27.7. The Kier molecular flexibility index (Phi) is 5.91. The third kappa shape index (κ3) is 3.99. The van der Waals surface area contributed by atoms with E-state index >= 15 is 0 Å². The van der Waals surface area contributed by atoms with E-state index in [2.05, 4.69) is 181 Å². The van der Waals surface area contributed by atoms with Crippen LogP contribution in [-0.4, -0.2) is 0 Å². The molecule has 1 spiro atoms. The number of hydrogen-bond acceptors (Lipinski definition) is 2. The van der Waals surface area contributed by atoms with Crippen LogP contribution in [-0.2, 0) is 0 Å². The minimum Gasteiger partial charge on any atom is -0.456 e. The Labute approximate surface area is 296 Å². The predicted octanol–water partition coefficient (Wildman–Crippen LogP) is 12.6. The highest BCUT2D eigenvalue weighted by atomic mass is 16.3. The van der Waals surface area contributed by atoms with Gasteiger partial charge in [0, 0.05) is 33.3 Å². The minimum atomic E-state index is -0.584. The third-order valence-corrected chi connectivity index (χ3v) is 11.1. The summed E-state index contributed by atoms with van der Waals surface area (Å²) in [6.45, 7) is 0. The van der Waals surface area contributed by atoms with E-state index in [-0.39, 0.29) is 0 Å². The summed E-state index contributed by atoms with van der Waals surface area (Å²) in [5.74, 6) is 0. The highest BCUT2D eigenvalue weighted by Gasteiger charge is 2.50. The molecule has 11 rings (SSSR count). The number of anilines is 1. The molecule has 0 bridgehead atoms. The first kappa shape index (κ1) is 28.2. The van der Waals surface area contributed by atoms with E-state index in [0.29, 0.717) is 0 Å². The second kappa shape index (κ2) is 10.7. The fourth-order valence-corrected chi connectivity index (χ4v) is 8.85. The number of rotatable bonds is 4. The van der Waals surface area contributed by atoms with Gasteiger partial charge in [0.05, 0.1) is 5.41 Å². The molecule has 1 unspecified atom stereocenters. The molecule has 0 amide bonds. The Balaban J connectivity index is 1.20. The van der Waals surface area contributed by atoms with Crippen molar-refractivity contribution in [2.45, 2.75) is 0 Å². The molecule has 1 atom stereocenters. The van der Waals surface area contributed by atoms with Gasteiger partial charge in [-0.15, -0.1) is 0 Å². The lowest BCUT2D eigenvalue weighted by Crippen LogP contribution is -2.34. The standard InChI is InChI=1S/C49H31NO/c1-2-14-31(15-3-1)40-30-41-35-19-7-5-17-33(35)29-43(41)49(27-13-23-36-34-18-6-4-16-32(34)28-42(36)49)48(40)50-44-24-10-8-20-37(44)38-22-12-26-46-47(38)39-21-9-11-25-45(39)51-46/h1-30,50H. The van der Waals surface area contributed by atoms with Gasteiger partial charge in [-0.2, -0.15) is 0 Å². The van der Waals surface area contributed by atoms with Crippen LogP contribution in [0.1, 0.15) is 27.8 Å². The van der Waals surface area contributed by atoms with Crippen LogP contribution >= 0.6 is 0 Å². The van der Waals surface area contributed by atoms with Gasteiger partial charge >= 0.3 is 0 Å². The molecule has 1 aromatic heterocycles. The van der Waals surface area contributed by atoms with Crippen molar-refractivity contribution in [1.29, 1.82) is 0 Å². The fourth-order valence-electron chi connectivity index (χ4n) is 8.85. The topological polar surface area (TPSA) is 25.2 Å². The molecule has 0 saturated carbocycles. The molecule has 0 saturated heterocycles. The second-order valence-corrected chi connectivity index (χ2v) is 13.7. The smallest absolute Gasteiger partial charge is 0.136 e. The summed E-state index contributed by atoms with van der Waals surface area (Å²) in [4.78, 5) is 0. The maximum Gasteiger partial charge on any atom is 0.136 e. The van der Waals surface area contributed by atoms with Crippen LogP contribution in [0.2, 0.25) is 0 Å². The lowest BCUT2D eigenvalue weighted by molar-refractivity contribution is 0.669. The van der Waals surface area contributed by atoms with E-state index in [1.807, 2.05) is 6.07 Å². The summed E-state index contributed by atoms with van der Waals surface area (Å²) in [6.07, 6.45) is 14.3. The van der Waals surface area contributed by atoms with E-state index in [0.717, 1.165) is 44.4 Å². The Morgan fingerprint density at radius 2 is 1.12 bits per heavy atom. The SMILES string of the molecule is C1=CC2(C3=Cc4ccccc4C3=C1)C1=Cc3ccccc3C1=CC(c1ccccc1)=C2Nc1ccccc1-c1cccc2oc3ccccc3c12. The molecular weight excluding hydrogens is 619 g/mol. The van der Waals surface area contributed by atoms with Crippen LogP contribution in [0.3, 0.4) is 0 Å². The third-order valence-electron chi connectivity index (χ3n) is 11.1. The van der Waals surface area contributed by atoms with Crippen LogP contribution in [0.25, 0.3) is 61.9 Å². The number of allylic oxidation sites excluding steroid dienone is 7. The molecule has 6 aromatic carbocycles. The zero-order chi connectivity index (χ0) is 33.5. The number of hydrogen-bond donors (Lipinski definition) is 1. The van der Waals surface area contributed by atoms with Crippen LogP contribution in [0.15, 0.2) is 191 Å². The van der Waals surface area contributed by atoms with Crippen molar-refractivity contribution < 1.29 is 4.42 Å². The molecule has 4 aliphatic carbocycles. The lowest BCUT2D eigenvalue weighted by atomic mass is 9.61. The number of fused-ring (bicyclic) bond motifs is 11.